The summed E-state index contributed by atoms with van der Waals surface area (Å²) in [6.07, 6.45) is 12.8. The van der Waals surface area contributed by atoms with Gasteiger partial charge in [0, 0.05) is 38.2 Å². The minimum Gasteiger partial charge on any atom is -0.494 e. The SMILES string of the molecule is CNC(=O)/C(N)=C(/C=C(\N)NC(=O)C1CC1)Nc1cccc(C2=CC=C(C(=O)N(C)CC3=CC[N+](C)(C)C=C3)NN2)c1OC. The number of nitrogens with zero attached hydrogens (tertiary/aromatic N) is 2. The molecule has 1 aliphatic carbocycles. The van der Waals surface area contributed by atoms with Gasteiger partial charge in [-0.3, -0.25) is 29.7 Å². The number of nitrogens with two attached hydrogens (primary N) is 2. The van der Waals surface area contributed by atoms with Crippen LogP contribution in [0.3, 0.4) is 0 Å². The van der Waals surface area contributed by atoms with Gasteiger partial charge in [-0.15, -0.1) is 0 Å². The molecule has 0 spiro atoms. The number of hydrazine groups is 1. The van der Waals surface area contributed by atoms with Crippen molar-refractivity contribution in [2.45, 2.75) is 12.8 Å². The molecule has 0 bridgehead atoms. The highest BCUT2D eigenvalue weighted by Crippen LogP contribution is 2.34. The van der Waals surface area contributed by atoms with Gasteiger partial charge in [-0.2, -0.15) is 0 Å². The van der Waals surface area contributed by atoms with E-state index in [4.69, 9.17) is 16.2 Å². The van der Waals surface area contributed by atoms with Gasteiger partial charge in [0.15, 0.2) is 5.75 Å². The number of likely N-dealkylation sites (N-methyl/N-ethyl adjacent to an activating group) is 3. The van der Waals surface area contributed by atoms with E-state index < -0.39 is 5.91 Å². The molecular formula is C31H42N9O4+. The quantitative estimate of drug-likeness (QED) is 0.109. The first-order valence-electron chi connectivity index (χ1n) is 14.3. The maximum Gasteiger partial charge on any atom is 0.271 e. The molecule has 234 valence electrons. The van der Waals surface area contributed by atoms with Crippen molar-refractivity contribution in [1.29, 1.82) is 0 Å². The number of nitrogens with one attached hydrogen (secondary N) is 5. The zero-order chi connectivity index (χ0) is 32.0. The van der Waals surface area contributed by atoms with Crippen LogP contribution in [0.1, 0.15) is 18.4 Å². The standard InChI is InChI=1S/C31H41N9O4/c1-34-30(42)27(33)25(17-26(32)36-29(41)20-9-10-20)35-23-8-6-7-21(28(23)44-5)22-11-12-24(38-37-22)31(43)39(2)18-19-13-15-40(3,4)16-14-19/h6-8,11-15,17,20,38H,9-10,16,18,33H2,1-5H3,(H5-,32,34,35,36,37,41,42,43)/p+1. The van der Waals surface area contributed by atoms with E-state index in [1.165, 1.54) is 20.2 Å². The third kappa shape index (κ3) is 7.81. The molecule has 1 fully saturated rings. The number of methoxy groups -OCH3 is 1. The van der Waals surface area contributed by atoms with Crippen molar-refractivity contribution in [2.75, 3.05) is 53.7 Å². The lowest BCUT2D eigenvalue weighted by molar-refractivity contribution is -0.833. The fourth-order valence-corrected chi connectivity index (χ4v) is 4.55. The zero-order valence-corrected chi connectivity index (χ0v) is 25.8. The van der Waals surface area contributed by atoms with Gasteiger partial charge in [0.1, 0.15) is 23.8 Å². The van der Waals surface area contributed by atoms with Gasteiger partial charge in [0.2, 0.25) is 5.91 Å². The lowest BCUT2D eigenvalue weighted by Gasteiger charge is -2.28. The highest BCUT2D eigenvalue weighted by atomic mass is 16.5. The van der Waals surface area contributed by atoms with Crippen molar-refractivity contribution in [2.24, 2.45) is 17.4 Å². The van der Waals surface area contributed by atoms with Crippen LogP contribution in [0.4, 0.5) is 5.69 Å². The maximum atomic E-state index is 13.1. The Morgan fingerprint density at radius 3 is 2.50 bits per heavy atom. The number of rotatable bonds is 11. The van der Waals surface area contributed by atoms with Crippen LogP contribution in [0.25, 0.3) is 5.70 Å². The maximum absolute atomic E-state index is 13.1. The first kappa shape index (κ1) is 31.8. The Bertz CT molecular complexity index is 1510. The first-order chi connectivity index (χ1) is 20.9. The highest BCUT2D eigenvalue weighted by molar-refractivity contribution is 5.95. The highest BCUT2D eigenvalue weighted by Gasteiger charge is 2.30. The van der Waals surface area contributed by atoms with Gasteiger partial charge >= 0.3 is 0 Å². The van der Waals surface area contributed by atoms with E-state index in [1.807, 2.05) is 6.07 Å². The number of ether oxygens (including phenoxy) is 1. The second-order valence-electron chi connectivity index (χ2n) is 11.4. The van der Waals surface area contributed by atoms with Crippen LogP contribution in [0.2, 0.25) is 0 Å². The van der Waals surface area contributed by atoms with Gasteiger partial charge in [-0.25, -0.2) is 0 Å². The van der Waals surface area contributed by atoms with E-state index in [1.54, 1.807) is 36.2 Å². The number of amides is 3. The summed E-state index contributed by atoms with van der Waals surface area (Å²) in [6, 6.07) is 5.38. The van der Waals surface area contributed by atoms with Gasteiger partial charge in [-0.1, -0.05) is 6.07 Å². The van der Waals surface area contributed by atoms with Crippen LogP contribution < -0.4 is 43.0 Å². The molecule has 13 nitrogen and oxygen atoms in total. The Kier molecular flexibility index (Phi) is 9.69. The molecule has 0 saturated heterocycles. The number of para-hydroxylation sites is 1. The summed E-state index contributed by atoms with van der Waals surface area (Å²) in [4.78, 5) is 39.4. The molecule has 44 heavy (non-hydrogen) atoms. The van der Waals surface area contributed by atoms with Crippen molar-refractivity contribution in [3.8, 4) is 5.75 Å². The number of carbonyl (C=O) groups is 3. The predicted molar refractivity (Wildman–Crippen MR) is 169 cm³/mol. The molecule has 13 heteroatoms. The van der Waals surface area contributed by atoms with E-state index in [-0.39, 0.29) is 34.9 Å². The molecule has 3 amide bonds. The molecule has 1 saturated carbocycles. The number of hydrogen-bond donors (Lipinski definition) is 7. The molecule has 2 aliphatic heterocycles. The number of anilines is 1. The minimum absolute atomic E-state index is 0.0401. The summed E-state index contributed by atoms with van der Waals surface area (Å²) in [5.74, 6) is -0.458. The molecule has 1 aromatic rings. The summed E-state index contributed by atoms with van der Waals surface area (Å²) < 4.78 is 6.52. The molecule has 1 aromatic carbocycles. The summed E-state index contributed by atoms with van der Waals surface area (Å²) in [7, 11) is 8.97. The van der Waals surface area contributed by atoms with E-state index in [2.05, 4.69) is 59.2 Å². The molecule has 4 rings (SSSR count). The van der Waals surface area contributed by atoms with Crippen LogP contribution in [0, 0.1) is 5.92 Å². The molecule has 0 radical (unpaired) electrons. The molecule has 2 heterocycles. The van der Waals surface area contributed by atoms with Crippen LogP contribution >= 0.6 is 0 Å². The molecular weight excluding hydrogens is 562 g/mol. The Hall–Kier alpha value is -5.17. The third-order valence-corrected chi connectivity index (χ3v) is 7.32. The van der Waals surface area contributed by atoms with Gasteiger partial charge in [-0.05, 0) is 54.9 Å². The Labute approximate surface area is 257 Å². The smallest absolute Gasteiger partial charge is 0.271 e. The predicted octanol–water partition coefficient (Wildman–Crippen LogP) is 0.671. The average Bonchev–Trinajstić information content (AvgIpc) is 3.86. The van der Waals surface area contributed by atoms with Crippen molar-refractivity contribution >= 4 is 29.1 Å². The van der Waals surface area contributed by atoms with Crippen molar-refractivity contribution < 1.29 is 23.6 Å². The second-order valence-corrected chi connectivity index (χ2v) is 11.4. The number of benzene rings is 1. The van der Waals surface area contributed by atoms with E-state index >= 15 is 0 Å². The molecule has 9 N–H and O–H groups in total. The largest absolute Gasteiger partial charge is 0.494 e. The Balaban J connectivity index is 1.54. The third-order valence-electron chi connectivity index (χ3n) is 7.32. The van der Waals surface area contributed by atoms with Gasteiger partial charge in [0.05, 0.1) is 44.5 Å². The summed E-state index contributed by atoms with van der Waals surface area (Å²) in [5, 5.41) is 8.26. The van der Waals surface area contributed by atoms with Crippen molar-refractivity contribution in [3.63, 3.8) is 0 Å². The van der Waals surface area contributed by atoms with E-state index in [9.17, 15) is 14.4 Å². The first-order valence-corrected chi connectivity index (χ1v) is 14.3. The molecule has 0 atom stereocenters. The van der Waals surface area contributed by atoms with Crippen LogP contribution in [-0.4, -0.2) is 75.5 Å². The number of hydrogen-bond acceptors (Lipinski definition) is 9. The lowest BCUT2D eigenvalue weighted by atomic mass is 10.1. The second kappa shape index (κ2) is 13.4. The summed E-state index contributed by atoms with van der Waals surface area (Å²) in [6.45, 7) is 1.36. The van der Waals surface area contributed by atoms with Crippen LogP contribution in [0.5, 0.6) is 5.75 Å². The Morgan fingerprint density at radius 2 is 1.91 bits per heavy atom. The van der Waals surface area contributed by atoms with Gasteiger partial charge in [0.25, 0.3) is 11.8 Å². The Morgan fingerprint density at radius 1 is 1.16 bits per heavy atom. The number of quaternary nitrogens is 1. The number of carbonyl (C=O) groups excluding carboxylic acids is 3. The van der Waals surface area contributed by atoms with Crippen molar-refractivity contribution in [1.82, 2.24) is 26.4 Å². The van der Waals surface area contributed by atoms with Crippen LogP contribution in [-0.2, 0) is 14.4 Å². The summed E-state index contributed by atoms with van der Waals surface area (Å²) >= 11 is 0. The normalized spacial score (nSPS) is 17.8. The zero-order valence-electron chi connectivity index (χ0n) is 25.8. The summed E-state index contributed by atoms with van der Waals surface area (Å²) in [5.41, 5.74) is 21.6. The molecule has 0 aromatic heterocycles. The molecule has 0 unspecified atom stereocenters. The lowest BCUT2D eigenvalue weighted by Crippen LogP contribution is -2.41. The minimum atomic E-state index is -0.535. The van der Waals surface area contributed by atoms with E-state index in [0.717, 1.165) is 29.4 Å². The average molecular weight is 605 g/mol. The van der Waals surface area contributed by atoms with Gasteiger partial charge < -0.3 is 37.1 Å². The monoisotopic (exact) mass is 604 g/mol. The molecule has 3 aliphatic rings. The van der Waals surface area contributed by atoms with Crippen LogP contribution in [0.15, 0.2) is 83.3 Å². The topological polar surface area (TPSA) is 176 Å². The fourth-order valence-electron chi connectivity index (χ4n) is 4.55. The van der Waals surface area contributed by atoms with Crippen molar-refractivity contribution in [3.05, 3.63) is 88.8 Å². The van der Waals surface area contributed by atoms with E-state index in [0.29, 0.717) is 34.9 Å². The number of allylic oxidation sites excluding steroid dienone is 3. The fraction of sp³-hybridized carbons (Fsp3) is 0.323.